The van der Waals surface area contributed by atoms with E-state index in [1.54, 1.807) is 23.6 Å². The maximum Gasteiger partial charge on any atom is 0.182 e. The van der Waals surface area contributed by atoms with Crippen LogP contribution >= 0.6 is 44.1 Å². The summed E-state index contributed by atoms with van der Waals surface area (Å²) in [5.74, 6) is -0.710. The first-order valence-corrected chi connectivity index (χ1v) is 7.93. The highest BCUT2D eigenvalue weighted by Gasteiger charge is 2.13. The number of imidazole rings is 1. The molecular formula is C14H8Br2F2N2S. The van der Waals surface area contributed by atoms with E-state index in [2.05, 4.69) is 36.8 Å². The van der Waals surface area contributed by atoms with E-state index in [1.807, 2.05) is 0 Å². The van der Waals surface area contributed by atoms with Gasteiger partial charge in [0.15, 0.2) is 4.77 Å². The minimum absolute atomic E-state index is 0.338. The summed E-state index contributed by atoms with van der Waals surface area (Å²) < 4.78 is 30.1. The van der Waals surface area contributed by atoms with Gasteiger partial charge in [-0.25, -0.2) is 8.78 Å². The van der Waals surface area contributed by atoms with Gasteiger partial charge in [0, 0.05) is 6.07 Å². The van der Waals surface area contributed by atoms with E-state index >= 15 is 0 Å². The van der Waals surface area contributed by atoms with Gasteiger partial charge in [0.05, 0.1) is 25.7 Å². The summed E-state index contributed by atoms with van der Waals surface area (Å²) in [4.78, 5) is 2.96. The molecule has 0 aliphatic carbocycles. The van der Waals surface area contributed by atoms with E-state index in [1.165, 1.54) is 12.1 Å². The van der Waals surface area contributed by atoms with Crippen LogP contribution in [0.2, 0.25) is 0 Å². The van der Waals surface area contributed by atoms with Gasteiger partial charge in [-0.3, -0.25) is 4.57 Å². The lowest BCUT2D eigenvalue weighted by Gasteiger charge is -2.10. The Balaban J connectivity index is 2.40. The summed E-state index contributed by atoms with van der Waals surface area (Å²) in [6.45, 7) is 1.80. The van der Waals surface area contributed by atoms with Crippen molar-refractivity contribution in [1.29, 1.82) is 0 Å². The van der Waals surface area contributed by atoms with Crippen LogP contribution in [0.15, 0.2) is 33.2 Å². The lowest BCUT2D eigenvalue weighted by atomic mass is 10.2. The van der Waals surface area contributed by atoms with Crippen LogP contribution in [0.4, 0.5) is 8.78 Å². The summed E-state index contributed by atoms with van der Waals surface area (Å²) in [5, 5.41) is 0. The van der Waals surface area contributed by atoms with Crippen LogP contribution in [-0.2, 0) is 0 Å². The quantitative estimate of drug-likeness (QED) is 0.481. The highest BCUT2D eigenvalue weighted by Crippen LogP contribution is 2.29. The van der Waals surface area contributed by atoms with Gasteiger partial charge in [-0.2, -0.15) is 0 Å². The van der Waals surface area contributed by atoms with E-state index in [4.69, 9.17) is 12.2 Å². The second kappa shape index (κ2) is 5.30. The van der Waals surface area contributed by atoms with E-state index < -0.39 is 0 Å². The van der Waals surface area contributed by atoms with E-state index in [9.17, 15) is 8.78 Å². The average Bonchev–Trinajstić information content (AvgIpc) is 2.70. The van der Waals surface area contributed by atoms with Crippen molar-refractivity contribution in [1.82, 2.24) is 9.55 Å². The molecule has 0 radical (unpaired) electrons. The predicted octanol–water partition coefficient (Wildman–Crippen LogP) is 5.80. The maximum atomic E-state index is 13.6. The lowest BCUT2D eigenvalue weighted by Crippen LogP contribution is -1.98. The van der Waals surface area contributed by atoms with Crippen molar-refractivity contribution in [2.45, 2.75) is 6.92 Å². The molecule has 0 saturated heterocycles. The second-order valence-corrected chi connectivity index (χ2v) is 6.70. The average molecular weight is 434 g/mol. The number of fused-ring (bicyclic) bond motifs is 1. The SMILES string of the molecule is Cc1cc(F)c(Br)cc1-n1c(=S)[nH]c2cc(F)c(Br)cc21. The molecule has 0 atom stereocenters. The molecule has 1 N–H and O–H groups in total. The number of aromatic amines is 1. The number of aromatic nitrogens is 2. The number of benzene rings is 2. The normalized spacial score (nSPS) is 11.3. The molecule has 0 unspecified atom stereocenters. The number of nitrogens with zero attached hydrogens (tertiary/aromatic N) is 1. The molecule has 2 nitrogen and oxygen atoms in total. The number of halogens is 4. The molecular weight excluding hydrogens is 426 g/mol. The molecule has 0 aliphatic heterocycles. The zero-order chi connectivity index (χ0) is 15.3. The van der Waals surface area contributed by atoms with E-state index in [0.29, 0.717) is 19.2 Å². The molecule has 3 aromatic rings. The Morgan fingerprint density at radius 3 is 2.38 bits per heavy atom. The smallest absolute Gasteiger partial charge is 0.182 e. The summed E-state index contributed by atoms with van der Waals surface area (Å²) in [6.07, 6.45) is 0. The Bertz CT molecular complexity index is 931. The standard InChI is InChI=1S/C14H8Br2F2N2S/c1-6-2-9(17)7(15)3-12(6)20-13-4-8(16)10(18)5-11(13)19-14(20)21/h2-5H,1H3,(H,19,21). The summed E-state index contributed by atoms with van der Waals surface area (Å²) in [5.41, 5.74) is 2.77. The molecule has 7 heteroatoms. The Morgan fingerprint density at radius 2 is 1.67 bits per heavy atom. The third kappa shape index (κ3) is 2.47. The molecule has 108 valence electrons. The van der Waals surface area contributed by atoms with Gasteiger partial charge in [-0.05, 0) is 74.8 Å². The van der Waals surface area contributed by atoms with Gasteiger partial charge in [0.25, 0.3) is 0 Å². The molecule has 21 heavy (non-hydrogen) atoms. The molecule has 1 aromatic heterocycles. The van der Waals surface area contributed by atoms with Crippen molar-refractivity contribution >= 4 is 55.1 Å². The van der Waals surface area contributed by atoms with Crippen LogP contribution in [0.3, 0.4) is 0 Å². The van der Waals surface area contributed by atoms with Crippen molar-refractivity contribution in [3.05, 3.63) is 55.2 Å². The fourth-order valence-electron chi connectivity index (χ4n) is 2.22. The molecule has 2 aromatic carbocycles. The van der Waals surface area contributed by atoms with E-state index in [0.717, 1.165) is 16.8 Å². The third-order valence-corrected chi connectivity index (χ3v) is 4.70. The van der Waals surface area contributed by atoms with Gasteiger partial charge in [0.2, 0.25) is 0 Å². The number of rotatable bonds is 1. The first-order valence-electron chi connectivity index (χ1n) is 5.94. The highest BCUT2D eigenvalue weighted by molar-refractivity contribution is 9.10. The van der Waals surface area contributed by atoms with Crippen molar-refractivity contribution in [3.8, 4) is 5.69 Å². The van der Waals surface area contributed by atoms with Crippen LogP contribution in [0.5, 0.6) is 0 Å². The van der Waals surface area contributed by atoms with Crippen LogP contribution in [0.25, 0.3) is 16.7 Å². The fraction of sp³-hybridized carbons (Fsp3) is 0.0714. The molecule has 0 aliphatic rings. The van der Waals surface area contributed by atoms with Crippen LogP contribution in [0, 0.1) is 23.3 Å². The number of aryl methyl sites for hydroxylation is 1. The molecule has 3 rings (SSSR count). The lowest BCUT2D eigenvalue weighted by molar-refractivity contribution is 0.619. The van der Waals surface area contributed by atoms with Crippen LogP contribution < -0.4 is 0 Å². The zero-order valence-electron chi connectivity index (χ0n) is 10.7. The van der Waals surface area contributed by atoms with Crippen molar-refractivity contribution in [2.24, 2.45) is 0 Å². The summed E-state index contributed by atoms with van der Waals surface area (Å²) >= 11 is 11.7. The minimum atomic E-state index is -0.372. The van der Waals surface area contributed by atoms with Crippen molar-refractivity contribution in [2.75, 3.05) is 0 Å². The third-order valence-electron chi connectivity index (χ3n) is 3.20. The Kier molecular flexibility index (Phi) is 3.75. The second-order valence-electron chi connectivity index (χ2n) is 4.60. The fourth-order valence-corrected chi connectivity index (χ4v) is 3.19. The van der Waals surface area contributed by atoms with Crippen LogP contribution in [0.1, 0.15) is 5.56 Å². The Labute approximate surface area is 141 Å². The number of nitrogens with one attached hydrogen (secondary N) is 1. The molecule has 0 bridgehead atoms. The molecule has 0 fully saturated rings. The highest BCUT2D eigenvalue weighted by atomic mass is 79.9. The molecule has 0 amide bonds. The molecule has 0 saturated carbocycles. The van der Waals surface area contributed by atoms with Crippen molar-refractivity contribution in [3.63, 3.8) is 0 Å². The Morgan fingerprint density at radius 1 is 1.05 bits per heavy atom. The largest absolute Gasteiger partial charge is 0.330 e. The van der Waals surface area contributed by atoms with E-state index in [-0.39, 0.29) is 11.6 Å². The summed E-state index contributed by atoms with van der Waals surface area (Å²) in [6, 6.07) is 6.11. The van der Waals surface area contributed by atoms with Crippen LogP contribution in [-0.4, -0.2) is 9.55 Å². The van der Waals surface area contributed by atoms with Gasteiger partial charge in [0.1, 0.15) is 11.6 Å². The number of hydrogen-bond acceptors (Lipinski definition) is 1. The van der Waals surface area contributed by atoms with Gasteiger partial charge in [-0.15, -0.1) is 0 Å². The van der Waals surface area contributed by atoms with Crippen molar-refractivity contribution < 1.29 is 8.78 Å². The molecule has 0 spiro atoms. The monoisotopic (exact) mass is 432 g/mol. The maximum absolute atomic E-state index is 13.6. The van der Waals surface area contributed by atoms with Gasteiger partial charge < -0.3 is 4.98 Å². The summed E-state index contributed by atoms with van der Waals surface area (Å²) in [7, 11) is 0. The van der Waals surface area contributed by atoms with Gasteiger partial charge >= 0.3 is 0 Å². The number of hydrogen-bond donors (Lipinski definition) is 1. The number of H-pyrrole nitrogens is 1. The Hall–Kier alpha value is -1.05. The minimum Gasteiger partial charge on any atom is -0.330 e. The topological polar surface area (TPSA) is 20.7 Å². The molecule has 1 heterocycles. The first kappa shape index (κ1) is 14.9. The van der Waals surface area contributed by atoms with Gasteiger partial charge in [-0.1, -0.05) is 0 Å². The first-order chi connectivity index (χ1) is 9.88. The zero-order valence-corrected chi connectivity index (χ0v) is 14.7. The predicted molar refractivity (Wildman–Crippen MR) is 88.5 cm³/mol.